The molecule has 0 aliphatic carbocycles. The van der Waals surface area contributed by atoms with Gasteiger partial charge in [0.05, 0.1) is 16.3 Å². The van der Waals surface area contributed by atoms with E-state index in [0.29, 0.717) is 22.6 Å². The minimum Gasteiger partial charge on any atom is -0.326 e. The summed E-state index contributed by atoms with van der Waals surface area (Å²) >= 11 is 0. The van der Waals surface area contributed by atoms with Gasteiger partial charge < -0.3 is 5.32 Å². The van der Waals surface area contributed by atoms with Gasteiger partial charge in [-0.15, -0.1) is 0 Å². The van der Waals surface area contributed by atoms with E-state index in [1.54, 1.807) is 61.5 Å². The van der Waals surface area contributed by atoms with Crippen LogP contribution >= 0.6 is 0 Å². The van der Waals surface area contributed by atoms with Crippen LogP contribution in [0.3, 0.4) is 0 Å². The average Bonchev–Trinajstić information content (AvgIpc) is 2.86. The minimum atomic E-state index is -4.01. The molecular formula is C27H30N4O4S. The molecule has 0 saturated heterocycles. The number of hydrogen-bond acceptors (Lipinski definition) is 5. The molecule has 0 spiro atoms. The van der Waals surface area contributed by atoms with Crippen LogP contribution in [0.15, 0.2) is 88.9 Å². The second-order valence-electron chi connectivity index (χ2n) is 8.57. The van der Waals surface area contributed by atoms with Crippen molar-refractivity contribution in [2.45, 2.75) is 38.5 Å². The predicted octanol–water partition coefficient (Wildman–Crippen LogP) is 4.50. The second kappa shape index (κ2) is 11.6. The Balaban J connectivity index is 1.84. The Morgan fingerprint density at radius 3 is 2.19 bits per heavy atom. The molecule has 0 fully saturated rings. The van der Waals surface area contributed by atoms with Crippen LogP contribution in [0.4, 0.5) is 11.4 Å². The summed E-state index contributed by atoms with van der Waals surface area (Å²) in [7, 11) is -4.01. The van der Waals surface area contributed by atoms with E-state index >= 15 is 0 Å². The Kier molecular flexibility index (Phi) is 8.60. The molecule has 0 aliphatic rings. The first-order chi connectivity index (χ1) is 17.1. The Morgan fingerprint density at radius 1 is 0.917 bits per heavy atom. The fourth-order valence-corrected chi connectivity index (χ4v) is 4.90. The zero-order chi connectivity index (χ0) is 26.3. The molecule has 0 aromatic heterocycles. The van der Waals surface area contributed by atoms with Gasteiger partial charge in [0, 0.05) is 12.6 Å². The van der Waals surface area contributed by atoms with Crippen molar-refractivity contribution >= 4 is 38.9 Å². The lowest BCUT2D eigenvalue weighted by molar-refractivity contribution is -0.119. The van der Waals surface area contributed by atoms with Crippen molar-refractivity contribution in [3.63, 3.8) is 0 Å². The van der Waals surface area contributed by atoms with Crippen molar-refractivity contribution in [3.8, 4) is 0 Å². The number of benzene rings is 3. The molecule has 0 aliphatic heterocycles. The Labute approximate surface area is 212 Å². The molecule has 0 heterocycles. The molecule has 9 heteroatoms. The highest BCUT2D eigenvalue weighted by molar-refractivity contribution is 7.92. The lowest BCUT2D eigenvalue weighted by Crippen LogP contribution is -2.39. The number of carbonyl (C=O) groups is 2. The standard InChI is InChI=1S/C27H30N4O4S/c1-19(2)22-13-15-25(16-14-22)31(36(34,35)26-11-6-5-7-12-26)18-27(33)30-29-20(3)23-9-8-10-24(17-23)28-21(4)32/h5-17,19H,18H2,1-4H3,(H,28,32)(H,30,33)/b29-20-. The Hall–Kier alpha value is -3.98. The zero-order valence-electron chi connectivity index (χ0n) is 20.7. The fraction of sp³-hybridized carbons (Fsp3) is 0.222. The van der Waals surface area contributed by atoms with E-state index in [1.165, 1.54) is 19.1 Å². The average molecular weight is 507 g/mol. The molecule has 0 unspecified atom stereocenters. The number of sulfonamides is 1. The fourth-order valence-electron chi connectivity index (χ4n) is 3.46. The molecule has 3 rings (SSSR count). The number of hydrazone groups is 1. The van der Waals surface area contributed by atoms with E-state index in [1.807, 2.05) is 26.0 Å². The summed E-state index contributed by atoms with van der Waals surface area (Å²) in [6.45, 7) is 6.76. The number of nitrogens with zero attached hydrogens (tertiary/aromatic N) is 2. The maximum Gasteiger partial charge on any atom is 0.264 e. The van der Waals surface area contributed by atoms with Gasteiger partial charge in [0.25, 0.3) is 15.9 Å². The number of anilines is 2. The molecule has 36 heavy (non-hydrogen) atoms. The van der Waals surface area contributed by atoms with E-state index in [2.05, 4.69) is 15.8 Å². The van der Waals surface area contributed by atoms with E-state index in [-0.39, 0.29) is 16.7 Å². The quantitative estimate of drug-likeness (QED) is 0.329. The van der Waals surface area contributed by atoms with Crippen LogP contribution in [-0.4, -0.2) is 32.5 Å². The molecule has 0 radical (unpaired) electrons. The smallest absolute Gasteiger partial charge is 0.264 e. The second-order valence-corrected chi connectivity index (χ2v) is 10.4. The highest BCUT2D eigenvalue weighted by Gasteiger charge is 2.27. The van der Waals surface area contributed by atoms with Crippen molar-refractivity contribution in [2.24, 2.45) is 5.10 Å². The van der Waals surface area contributed by atoms with Gasteiger partial charge in [0.15, 0.2) is 0 Å². The Bertz CT molecular complexity index is 1350. The molecule has 0 saturated carbocycles. The summed E-state index contributed by atoms with van der Waals surface area (Å²) in [6.07, 6.45) is 0. The summed E-state index contributed by atoms with van der Waals surface area (Å²) < 4.78 is 28.0. The molecule has 0 bridgehead atoms. The van der Waals surface area contributed by atoms with Gasteiger partial charge in [0.1, 0.15) is 6.54 Å². The van der Waals surface area contributed by atoms with E-state index in [4.69, 9.17) is 0 Å². The first-order valence-corrected chi connectivity index (χ1v) is 12.9. The number of hydrogen-bond donors (Lipinski definition) is 2. The van der Waals surface area contributed by atoms with E-state index in [9.17, 15) is 18.0 Å². The van der Waals surface area contributed by atoms with Crippen LogP contribution in [0.5, 0.6) is 0 Å². The highest BCUT2D eigenvalue weighted by atomic mass is 32.2. The SMILES string of the molecule is CC(=O)Nc1cccc(/C(C)=N\NC(=O)CN(c2ccc(C(C)C)cc2)S(=O)(=O)c2ccccc2)c1. The summed E-state index contributed by atoms with van der Waals surface area (Å²) in [6, 6.07) is 22.1. The molecule has 3 aromatic carbocycles. The topological polar surface area (TPSA) is 108 Å². The summed E-state index contributed by atoms with van der Waals surface area (Å²) in [5, 5.41) is 6.83. The van der Waals surface area contributed by atoms with Gasteiger partial charge in [-0.1, -0.05) is 56.3 Å². The zero-order valence-corrected chi connectivity index (χ0v) is 21.5. The lowest BCUT2D eigenvalue weighted by Gasteiger charge is -2.24. The monoisotopic (exact) mass is 506 g/mol. The molecule has 2 amide bonds. The molecule has 0 atom stereocenters. The molecular weight excluding hydrogens is 476 g/mol. The van der Waals surface area contributed by atoms with E-state index < -0.39 is 22.5 Å². The number of amides is 2. The van der Waals surface area contributed by atoms with Gasteiger partial charge in [0.2, 0.25) is 5.91 Å². The summed E-state index contributed by atoms with van der Waals surface area (Å²) in [5.74, 6) is -0.515. The maximum absolute atomic E-state index is 13.4. The molecule has 3 aromatic rings. The third-order valence-electron chi connectivity index (χ3n) is 5.42. The summed E-state index contributed by atoms with van der Waals surface area (Å²) in [5.41, 5.74) is 5.68. The van der Waals surface area contributed by atoms with Crippen molar-refractivity contribution < 1.29 is 18.0 Å². The predicted molar refractivity (Wildman–Crippen MR) is 143 cm³/mol. The van der Waals surface area contributed by atoms with Gasteiger partial charge in [-0.3, -0.25) is 13.9 Å². The lowest BCUT2D eigenvalue weighted by atomic mass is 10.0. The first kappa shape index (κ1) is 26.6. The van der Waals surface area contributed by atoms with Gasteiger partial charge in [-0.05, 0) is 60.4 Å². The Morgan fingerprint density at radius 2 is 1.58 bits per heavy atom. The maximum atomic E-state index is 13.4. The normalized spacial score (nSPS) is 11.8. The third kappa shape index (κ3) is 6.79. The largest absolute Gasteiger partial charge is 0.326 e. The van der Waals surface area contributed by atoms with Crippen LogP contribution in [0.25, 0.3) is 0 Å². The van der Waals surface area contributed by atoms with Crippen LogP contribution in [0.1, 0.15) is 44.7 Å². The molecule has 8 nitrogen and oxygen atoms in total. The van der Waals surface area contributed by atoms with Crippen LogP contribution in [-0.2, 0) is 19.6 Å². The number of carbonyl (C=O) groups excluding carboxylic acids is 2. The number of nitrogens with one attached hydrogen (secondary N) is 2. The van der Waals surface area contributed by atoms with Crippen LogP contribution < -0.4 is 15.0 Å². The van der Waals surface area contributed by atoms with Crippen molar-refractivity contribution in [3.05, 3.63) is 90.0 Å². The van der Waals surface area contributed by atoms with Crippen molar-refractivity contribution in [2.75, 3.05) is 16.2 Å². The van der Waals surface area contributed by atoms with Crippen molar-refractivity contribution in [1.29, 1.82) is 0 Å². The van der Waals surface area contributed by atoms with Gasteiger partial charge in [-0.2, -0.15) is 5.10 Å². The number of rotatable bonds is 9. The van der Waals surface area contributed by atoms with Gasteiger partial charge >= 0.3 is 0 Å². The molecule has 2 N–H and O–H groups in total. The summed E-state index contributed by atoms with van der Waals surface area (Å²) in [4.78, 5) is 24.2. The first-order valence-electron chi connectivity index (χ1n) is 11.5. The highest BCUT2D eigenvalue weighted by Crippen LogP contribution is 2.25. The van der Waals surface area contributed by atoms with Crippen LogP contribution in [0.2, 0.25) is 0 Å². The minimum absolute atomic E-state index is 0.0835. The van der Waals surface area contributed by atoms with E-state index in [0.717, 1.165) is 9.87 Å². The third-order valence-corrected chi connectivity index (χ3v) is 7.20. The van der Waals surface area contributed by atoms with Crippen LogP contribution in [0, 0.1) is 0 Å². The van der Waals surface area contributed by atoms with Crippen molar-refractivity contribution in [1.82, 2.24) is 5.43 Å². The van der Waals surface area contributed by atoms with Gasteiger partial charge in [-0.25, -0.2) is 13.8 Å². The molecule has 188 valence electrons.